The SMILES string of the molecule is CCc1sc(C(=O)NNC(=O)CN2CCSCC2)cc1C. The van der Waals surface area contributed by atoms with E-state index < -0.39 is 0 Å². The van der Waals surface area contributed by atoms with Gasteiger partial charge in [-0.2, -0.15) is 11.8 Å². The van der Waals surface area contributed by atoms with E-state index in [9.17, 15) is 9.59 Å². The Hall–Kier alpha value is -1.05. The van der Waals surface area contributed by atoms with Crippen LogP contribution in [-0.2, 0) is 11.2 Å². The third-order valence-electron chi connectivity index (χ3n) is 3.35. The van der Waals surface area contributed by atoms with Crippen LogP contribution >= 0.6 is 23.1 Å². The highest BCUT2D eigenvalue weighted by Crippen LogP contribution is 2.21. The molecule has 0 aliphatic carbocycles. The Morgan fingerprint density at radius 3 is 2.62 bits per heavy atom. The quantitative estimate of drug-likeness (QED) is 0.821. The van der Waals surface area contributed by atoms with Crippen LogP contribution in [0.4, 0.5) is 0 Å². The van der Waals surface area contributed by atoms with Crippen molar-refractivity contribution in [2.75, 3.05) is 31.1 Å². The number of aryl methyl sites for hydroxylation is 2. The summed E-state index contributed by atoms with van der Waals surface area (Å²) in [6, 6.07) is 1.87. The molecule has 2 heterocycles. The molecule has 0 aromatic carbocycles. The van der Waals surface area contributed by atoms with Crippen LogP contribution in [-0.4, -0.2) is 47.9 Å². The van der Waals surface area contributed by atoms with Gasteiger partial charge in [0.25, 0.3) is 11.8 Å². The van der Waals surface area contributed by atoms with Crippen LogP contribution in [0, 0.1) is 6.92 Å². The highest BCUT2D eigenvalue weighted by Gasteiger charge is 2.16. The van der Waals surface area contributed by atoms with E-state index in [1.54, 1.807) is 0 Å². The Morgan fingerprint density at radius 2 is 2.00 bits per heavy atom. The summed E-state index contributed by atoms with van der Waals surface area (Å²) in [5.41, 5.74) is 6.12. The van der Waals surface area contributed by atoms with Gasteiger partial charge in [-0.1, -0.05) is 6.92 Å². The molecule has 116 valence electrons. The summed E-state index contributed by atoms with van der Waals surface area (Å²) in [6.07, 6.45) is 0.920. The van der Waals surface area contributed by atoms with Gasteiger partial charge in [-0.3, -0.25) is 25.3 Å². The molecular formula is C14H21N3O2S2. The first-order chi connectivity index (χ1) is 10.1. The van der Waals surface area contributed by atoms with E-state index in [1.165, 1.54) is 16.2 Å². The Labute approximate surface area is 133 Å². The Morgan fingerprint density at radius 1 is 1.29 bits per heavy atom. The van der Waals surface area contributed by atoms with Crippen LogP contribution < -0.4 is 10.9 Å². The monoisotopic (exact) mass is 327 g/mol. The van der Waals surface area contributed by atoms with Gasteiger partial charge in [0.2, 0.25) is 0 Å². The van der Waals surface area contributed by atoms with Crippen molar-refractivity contribution in [2.24, 2.45) is 0 Å². The van der Waals surface area contributed by atoms with Gasteiger partial charge in [-0.25, -0.2) is 0 Å². The molecule has 0 saturated carbocycles. The normalized spacial score (nSPS) is 15.7. The minimum absolute atomic E-state index is 0.167. The van der Waals surface area contributed by atoms with E-state index in [-0.39, 0.29) is 11.8 Å². The molecule has 21 heavy (non-hydrogen) atoms. The van der Waals surface area contributed by atoms with Crippen molar-refractivity contribution >= 4 is 34.9 Å². The summed E-state index contributed by atoms with van der Waals surface area (Å²) in [4.78, 5) is 27.7. The number of hydrogen-bond donors (Lipinski definition) is 2. The lowest BCUT2D eigenvalue weighted by Crippen LogP contribution is -2.47. The van der Waals surface area contributed by atoms with Crippen LogP contribution in [0.2, 0.25) is 0 Å². The molecule has 1 fully saturated rings. The third kappa shape index (κ3) is 4.72. The molecule has 0 radical (unpaired) electrons. The maximum absolute atomic E-state index is 12.0. The second kappa shape index (κ2) is 7.82. The summed E-state index contributed by atoms with van der Waals surface area (Å²) in [5, 5.41) is 0. The lowest BCUT2D eigenvalue weighted by molar-refractivity contribution is -0.122. The zero-order chi connectivity index (χ0) is 15.2. The van der Waals surface area contributed by atoms with E-state index in [0.717, 1.165) is 36.6 Å². The van der Waals surface area contributed by atoms with Gasteiger partial charge in [0, 0.05) is 29.5 Å². The zero-order valence-electron chi connectivity index (χ0n) is 12.4. The molecule has 2 N–H and O–H groups in total. The van der Waals surface area contributed by atoms with Gasteiger partial charge < -0.3 is 0 Å². The van der Waals surface area contributed by atoms with Crippen molar-refractivity contribution in [1.29, 1.82) is 0 Å². The largest absolute Gasteiger partial charge is 0.293 e. The number of amides is 2. The molecule has 1 aromatic heterocycles. The van der Waals surface area contributed by atoms with Crippen LogP contribution in [0.1, 0.15) is 27.0 Å². The Bertz CT molecular complexity index is 510. The standard InChI is InChI=1S/C14H21N3O2S2/c1-3-11-10(2)8-12(21-11)14(19)16-15-13(18)9-17-4-6-20-7-5-17/h8H,3-7,9H2,1-2H3,(H,15,18)(H,16,19). The number of nitrogens with zero attached hydrogens (tertiary/aromatic N) is 1. The van der Waals surface area contributed by atoms with Crippen molar-refractivity contribution in [3.05, 3.63) is 21.4 Å². The minimum Gasteiger partial charge on any atom is -0.293 e. The molecule has 1 saturated heterocycles. The Kier molecular flexibility index (Phi) is 6.08. The minimum atomic E-state index is -0.245. The van der Waals surface area contributed by atoms with E-state index in [1.807, 2.05) is 24.8 Å². The van der Waals surface area contributed by atoms with Crippen molar-refractivity contribution in [3.8, 4) is 0 Å². The number of nitrogens with one attached hydrogen (secondary N) is 2. The average Bonchev–Trinajstić information content (AvgIpc) is 2.87. The fourth-order valence-corrected chi connectivity index (χ4v) is 4.16. The van der Waals surface area contributed by atoms with Crippen molar-refractivity contribution in [3.63, 3.8) is 0 Å². The maximum atomic E-state index is 12.0. The average molecular weight is 327 g/mol. The zero-order valence-corrected chi connectivity index (χ0v) is 14.0. The van der Waals surface area contributed by atoms with Crippen LogP contribution in [0.5, 0.6) is 0 Å². The lowest BCUT2D eigenvalue weighted by atomic mass is 10.2. The van der Waals surface area contributed by atoms with Gasteiger partial charge >= 0.3 is 0 Å². The first-order valence-electron chi connectivity index (χ1n) is 7.08. The fraction of sp³-hybridized carbons (Fsp3) is 0.571. The first-order valence-corrected chi connectivity index (χ1v) is 9.06. The van der Waals surface area contributed by atoms with E-state index >= 15 is 0 Å². The van der Waals surface area contributed by atoms with Crippen molar-refractivity contribution in [2.45, 2.75) is 20.3 Å². The lowest BCUT2D eigenvalue weighted by Gasteiger charge is -2.25. The second-order valence-electron chi connectivity index (χ2n) is 4.96. The maximum Gasteiger partial charge on any atom is 0.279 e. The summed E-state index contributed by atoms with van der Waals surface area (Å²) in [7, 11) is 0. The number of hydrogen-bond acceptors (Lipinski definition) is 5. The smallest absolute Gasteiger partial charge is 0.279 e. The second-order valence-corrected chi connectivity index (χ2v) is 7.32. The molecular weight excluding hydrogens is 306 g/mol. The molecule has 0 bridgehead atoms. The topological polar surface area (TPSA) is 61.4 Å². The molecule has 0 atom stereocenters. The first kappa shape index (κ1) is 16.3. The fourth-order valence-electron chi connectivity index (χ4n) is 2.17. The number of carbonyl (C=O) groups excluding carboxylic acids is 2. The highest BCUT2D eigenvalue weighted by molar-refractivity contribution is 7.99. The van der Waals surface area contributed by atoms with Gasteiger partial charge in [0.15, 0.2) is 0 Å². The van der Waals surface area contributed by atoms with Crippen molar-refractivity contribution < 1.29 is 9.59 Å². The molecule has 1 aliphatic heterocycles. The van der Waals surface area contributed by atoms with Gasteiger partial charge in [0.05, 0.1) is 11.4 Å². The molecule has 2 rings (SSSR count). The van der Waals surface area contributed by atoms with Gasteiger partial charge in [-0.15, -0.1) is 11.3 Å². The van der Waals surface area contributed by atoms with Crippen LogP contribution in [0.3, 0.4) is 0 Å². The van der Waals surface area contributed by atoms with Crippen LogP contribution in [0.25, 0.3) is 0 Å². The van der Waals surface area contributed by atoms with Gasteiger partial charge in [-0.05, 0) is 25.0 Å². The third-order valence-corrected chi connectivity index (χ3v) is 5.67. The molecule has 0 spiro atoms. The van der Waals surface area contributed by atoms with Crippen LogP contribution in [0.15, 0.2) is 6.07 Å². The predicted molar refractivity (Wildman–Crippen MR) is 87.8 cm³/mol. The molecule has 1 aromatic rings. The number of carbonyl (C=O) groups is 2. The molecule has 1 aliphatic rings. The van der Waals surface area contributed by atoms with Gasteiger partial charge in [0.1, 0.15) is 0 Å². The van der Waals surface area contributed by atoms with E-state index in [2.05, 4.69) is 22.7 Å². The number of rotatable bonds is 4. The number of hydrazine groups is 1. The summed E-state index contributed by atoms with van der Waals surface area (Å²) in [6.45, 7) is 6.26. The van der Waals surface area contributed by atoms with E-state index in [0.29, 0.717) is 11.4 Å². The predicted octanol–water partition coefficient (Wildman–Crippen LogP) is 1.43. The number of thiophene rings is 1. The molecule has 2 amide bonds. The summed E-state index contributed by atoms with van der Waals surface area (Å²) >= 11 is 3.38. The van der Waals surface area contributed by atoms with Crippen molar-refractivity contribution in [1.82, 2.24) is 15.8 Å². The Balaban J connectivity index is 1.78. The number of thioether (sulfide) groups is 1. The van der Waals surface area contributed by atoms with E-state index in [4.69, 9.17) is 0 Å². The molecule has 7 heteroatoms. The molecule has 5 nitrogen and oxygen atoms in total. The molecule has 0 unspecified atom stereocenters. The highest BCUT2D eigenvalue weighted by atomic mass is 32.2. The summed E-state index contributed by atoms with van der Waals surface area (Å²) in [5.74, 6) is 1.71. The summed E-state index contributed by atoms with van der Waals surface area (Å²) < 4.78 is 0.